The van der Waals surface area contributed by atoms with Crippen LogP contribution in [-0.4, -0.2) is 55.0 Å². The number of thioether (sulfide) groups is 1. The number of urea groups is 1. The van der Waals surface area contributed by atoms with Gasteiger partial charge in [-0.2, -0.15) is 16.9 Å². The van der Waals surface area contributed by atoms with Crippen molar-refractivity contribution in [3.63, 3.8) is 0 Å². The van der Waals surface area contributed by atoms with Gasteiger partial charge in [0.1, 0.15) is 18.2 Å². The normalized spacial score (nSPS) is 11.5. The molecule has 2 amide bonds. The van der Waals surface area contributed by atoms with Gasteiger partial charge in [0, 0.05) is 28.6 Å². The van der Waals surface area contributed by atoms with Gasteiger partial charge < -0.3 is 15.2 Å². The maximum Gasteiger partial charge on any atom is 0.320 e. The highest BCUT2D eigenvalue weighted by molar-refractivity contribution is 7.99. The number of aliphatic hydroxyl groups is 1. The van der Waals surface area contributed by atoms with Crippen molar-refractivity contribution in [2.45, 2.75) is 41.9 Å². The first kappa shape index (κ1) is 33.1. The summed E-state index contributed by atoms with van der Waals surface area (Å²) in [5.41, 5.74) is 5.35. The lowest BCUT2D eigenvalue weighted by atomic mass is 10.1. The van der Waals surface area contributed by atoms with Crippen LogP contribution in [0.15, 0.2) is 107 Å². The van der Waals surface area contributed by atoms with Crippen molar-refractivity contribution in [1.29, 1.82) is 0 Å². The van der Waals surface area contributed by atoms with Gasteiger partial charge in [-0.15, -0.1) is 10.2 Å². The van der Waals surface area contributed by atoms with E-state index in [4.69, 9.17) is 9.84 Å². The maximum absolute atomic E-state index is 13.3. The number of ether oxygens (including phenoxy) is 1. The van der Waals surface area contributed by atoms with Gasteiger partial charge in [-0.1, -0.05) is 59.8 Å². The van der Waals surface area contributed by atoms with Crippen molar-refractivity contribution >= 4 is 41.0 Å². The number of fused-ring (bicyclic) bond motifs is 1. The Bertz CT molecular complexity index is 2040. The van der Waals surface area contributed by atoms with Crippen molar-refractivity contribution in [3.05, 3.63) is 114 Å². The number of amides is 2. The fourth-order valence-corrected chi connectivity index (χ4v) is 6.29. The number of aromatic nitrogens is 5. The van der Waals surface area contributed by atoms with E-state index >= 15 is 0 Å². The topological polar surface area (TPSA) is 119 Å². The van der Waals surface area contributed by atoms with Gasteiger partial charge in [0.2, 0.25) is 0 Å². The number of hydrogen-bond acceptors (Lipinski definition) is 8. The summed E-state index contributed by atoms with van der Waals surface area (Å²) < 4.78 is 9.24. The molecule has 6 rings (SSSR count). The zero-order valence-corrected chi connectivity index (χ0v) is 28.8. The molecule has 0 radical (unpaired) electrons. The Morgan fingerprint density at radius 3 is 2.54 bits per heavy atom. The lowest BCUT2D eigenvalue weighted by Crippen LogP contribution is -2.29. The Labute approximate surface area is 287 Å². The number of carbonyl (C=O) groups is 1. The van der Waals surface area contributed by atoms with Gasteiger partial charge in [0.15, 0.2) is 11.5 Å². The van der Waals surface area contributed by atoms with Crippen molar-refractivity contribution in [1.82, 2.24) is 29.7 Å². The third-order valence-electron chi connectivity index (χ3n) is 7.85. The summed E-state index contributed by atoms with van der Waals surface area (Å²) in [6.07, 6.45) is 4.05. The van der Waals surface area contributed by atoms with E-state index in [1.165, 1.54) is 0 Å². The van der Waals surface area contributed by atoms with Crippen LogP contribution in [0.25, 0.3) is 22.7 Å². The predicted octanol–water partition coefficient (Wildman–Crippen LogP) is 7.33. The van der Waals surface area contributed by atoms with Crippen LogP contribution >= 0.6 is 23.5 Å². The van der Waals surface area contributed by atoms with Gasteiger partial charge in [0.05, 0.1) is 28.3 Å². The largest absolute Gasteiger partial charge is 0.490 e. The molecule has 0 aliphatic heterocycles. The Morgan fingerprint density at radius 2 is 1.75 bits per heavy atom. The van der Waals surface area contributed by atoms with Gasteiger partial charge in [-0.3, -0.25) is 9.72 Å². The number of carbonyl (C=O) groups excluding carboxylic acids is 1. The van der Waals surface area contributed by atoms with Crippen LogP contribution in [0.4, 0.5) is 10.6 Å². The fraction of sp³-hybridized carbons (Fsp3) is 0.222. The first-order valence-electron chi connectivity index (χ1n) is 15.5. The Balaban J connectivity index is 1.19. The van der Waals surface area contributed by atoms with Gasteiger partial charge >= 0.3 is 6.03 Å². The zero-order chi connectivity index (χ0) is 33.7. The smallest absolute Gasteiger partial charge is 0.320 e. The molecule has 12 heteroatoms. The van der Waals surface area contributed by atoms with Crippen LogP contribution in [0.5, 0.6) is 5.75 Å². The molecule has 246 valence electrons. The maximum atomic E-state index is 13.3. The molecule has 6 aromatic rings. The first-order valence-corrected chi connectivity index (χ1v) is 17.5. The lowest BCUT2D eigenvalue weighted by molar-refractivity contribution is 0.202. The number of para-hydroxylation sites is 1. The van der Waals surface area contributed by atoms with Crippen LogP contribution in [0.3, 0.4) is 0 Å². The summed E-state index contributed by atoms with van der Waals surface area (Å²) in [5, 5.41) is 29.0. The average molecular weight is 680 g/mol. The molecule has 0 saturated carbocycles. The molecule has 0 spiro atoms. The fourth-order valence-electron chi connectivity index (χ4n) is 5.01. The van der Waals surface area contributed by atoms with Crippen molar-refractivity contribution < 1.29 is 14.6 Å². The highest BCUT2D eigenvalue weighted by Gasteiger charge is 2.25. The van der Waals surface area contributed by atoms with E-state index in [9.17, 15) is 9.90 Å². The second-order valence-corrected chi connectivity index (χ2v) is 14.1. The lowest BCUT2D eigenvalue weighted by Gasteiger charge is -2.18. The van der Waals surface area contributed by atoms with Crippen LogP contribution in [0.2, 0.25) is 0 Å². The second kappa shape index (κ2) is 14.5. The predicted molar refractivity (Wildman–Crippen MR) is 192 cm³/mol. The molecular formula is C36H37N7O3S2. The third-order valence-corrected chi connectivity index (χ3v) is 10.2. The van der Waals surface area contributed by atoms with E-state index in [1.54, 1.807) is 28.2 Å². The van der Waals surface area contributed by atoms with Crippen LogP contribution in [0.1, 0.15) is 30.7 Å². The highest BCUT2D eigenvalue weighted by Crippen LogP contribution is 2.36. The number of anilines is 1. The molecule has 3 aromatic heterocycles. The summed E-state index contributed by atoms with van der Waals surface area (Å²) in [5.74, 6) is 1.86. The molecule has 0 aliphatic carbocycles. The van der Waals surface area contributed by atoms with Crippen molar-refractivity contribution in [3.8, 4) is 22.8 Å². The molecule has 0 bridgehead atoms. The molecule has 0 atom stereocenters. The minimum Gasteiger partial charge on any atom is -0.490 e. The number of nitrogens with one attached hydrogen (secondary N) is 2. The molecule has 3 aromatic carbocycles. The monoisotopic (exact) mass is 679 g/mol. The van der Waals surface area contributed by atoms with Crippen molar-refractivity contribution in [2.75, 3.05) is 24.8 Å². The van der Waals surface area contributed by atoms with Gasteiger partial charge in [-0.05, 0) is 75.1 Å². The summed E-state index contributed by atoms with van der Waals surface area (Å²) in [6.45, 7) is 6.71. The zero-order valence-electron chi connectivity index (χ0n) is 27.2. The number of aryl methyl sites for hydroxylation is 1. The standard InChI is InChI=1S/C36H37N7O3S2/c1-24-13-15-26(16-14-24)43-33(21-31(41-43)36(2,3)47-4)38-35(45)37-22-25-9-5-8-12-30(25)48-27-17-18-32-39-40-34(42(32)23-27)28-10-6-7-11-29(28)46-20-19-44/h5-18,21,23,44H,19-20,22H2,1-4H3,(H2,37,38,45). The average Bonchev–Trinajstić information content (AvgIpc) is 3.72. The Morgan fingerprint density at radius 1 is 0.979 bits per heavy atom. The van der Waals surface area contributed by atoms with Crippen LogP contribution in [0, 0.1) is 6.92 Å². The molecule has 0 unspecified atom stereocenters. The summed E-state index contributed by atoms with van der Waals surface area (Å²) in [6, 6.07) is 29.2. The molecule has 48 heavy (non-hydrogen) atoms. The first-order chi connectivity index (χ1) is 23.3. The number of hydrogen-bond donors (Lipinski definition) is 3. The number of pyridine rings is 1. The molecule has 0 saturated heterocycles. The van der Waals surface area contributed by atoms with E-state index in [0.717, 1.165) is 37.9 Å². The number of aliphatic hydroxyl groups excluding tert-OH is 1. The Hall–Kier alpha value is -4.78. The molecule has 0 fully saturated rings. The summed E-state index contributed by atoms with van der Waals surface area (Å²) in [4.78, 5) is 15.3. The SMILES string of the molecule is CSC(C)(C)c1cc(NC(=O)NCc2ccccc2Sc2ccc3nnc(-c4ccccc4OCCO)n3c2)n(-c2ccc(C)cc2)n1. The van der Waals surface area contributed by atoms with Gasteiger partial charge in [0.25, 0.3) is 0 Å². The summed E-state index contributed by atoms with van der Waals surface area (Å²) >= 11 is 3.29. The number of benzene rings is 3. The molecular weight excluding hydrogens is 643 g/mol. The van der Waals surface area contributed by atoms with Crippen molar-refractivity contribution in [2.24, 2.45) is 0 Å². The van der Waals surface area contributed by atoms with Crippen LogP contribution in [-0.2, 0) is 11.3 Å². The number of rotatable bonds is 12. The Kier molecular flexibility index (Phi) is 10.0. The van der Waals surface area contributed by atoms with E-state index in [0.29, 0.717) is 29.6 Å². The van der Waals surface area contributed by atoms with E-state index in [1.807, 2.05) is 109 Å². The molecule has 3 N–H and O–H groups in total. The van der Waals surface area contributed by atoms with E-state index in [2.05, 4.69) is 40.9 Å². The summed E-state index contributed by atoms with van der Waals surface area (Å²) in [7, 11) is 0. The minimum absolute atomic E-state index is 0.0821. The molecule has 3 heterocycles. The minimum atomic E-state index is -0.325. The molecule has 0 aliphatic rings. The van der Waals surface area contributed by atoms with Gasteiger partial charge in [-0.25, -0.2) is 9.48 Å². The highest BCUT2D eigenvalue weighted by atomic mass is 32.2. The van der Waals surface area contributed by atoms with E-state index < -0.39 is 0 Å². The quantitative estimate of drug-likeness (QED) is 0.123. The second-order valence-electron chi connectivity index (χ2n) is 11.6. The van der Waals surface area contributed by atoms with E-state index in [-0.39, 0.29) is 24.0 Å². The number of nitrogens with zero attached hydrogens (tertiary/aromatic N) is 5. The third kappa shape index (κ3) is 7.35. The van der Waals surface area contributed by atoms with Crippen LogP contribution < -0.4 is 15.4 Å². The molecule has 10 nitrogen and oxygen atoms in total.